The first-order valence-electron chi connectivity index (χ1n) is 12.5. The average Bonchev–Trinajstić information content (AvgIpc) is 2.91. The third kappa shape index (κ3) is 5.66. The zero-order valence-corrected chi connectivity index (χ0v) is 20.7. The van der Waals surface area contributed by atoms with Crippen LogP contribution in [0.3, 0.4) is 0 Å². The van der Waals surface area contributed by atoms with E-state index >= 15 is 0 Å². The SMILES string of the molecule is Cc1cccc(CN2CCN(c3cnn(-c4ccccc4)c(=O)c3OCCc3ccccc3)CC2)c1. The molecule has 1 saturated heterocycles. The lowest BCUT2D eigenvalue weighted by molar-refractivity contribution is 0.248. The molecule has 0 amide bonds. The predicted octanol–water partition coefficient (Wildman–Crippen LogP) is 4.48. The van der Waals surface area contributed by atoms with Gasteiger partial charge in [-0.15, -0.1) is 0 Å². The quantitative estimate of drug-likeness (QED) is 0.372. The molecule has 0 aliphatic carbocycles. The second kappa shape index (κ2) is 11.2. The van der Waals surface area contributed by atoms with E-state index in [1.54, 1.807) is 6.20 Å². The van der Waals surface area contributed by atoms with Crippen LogP contribution in [0.5, 0.6) is 5.75 Å². The highest BCUT2D eigenvalue weighted by atomic mass is 16.5. The number of aryl methyl sites for hydroxylation is 1. The van der Waals surface area contributed by atoms with Gasteiger partial charge < -0.3 is 9.64 Å². The van der Waals surface area contributed by atoms with E-state index in [2.05, 4.69) is 58.2 Å². The minimum Gasteiger partial charge on any atom is -0.486 e. The molecule has 0 bridgehead atoms. The van der Waals surface area contributed by atoms with Crippen molar-refractivity contribution < 1.29 is 4.74 Å². The van der Waals surface area contributed by atoms with Gasteiger partial charge in [0.2, 0.25) is 5.75 Å². The van der Waals surface area contributed by atoms with Crippen LogP contribution in [0.2, 0.25) is 0 Å². The average molecular weight is 481 g/mol. The van der Waals surface area contributed by atoms with E-state index < -0.39 is 0 Å². The predicted molar refractivity (Wildman–Crippen MR) is 144 cm³/mol. The fraction of sp³-hybridized carbons (Fsp3) is 0.267. The maximum absolute atomic E-state index is 13.6. The van der Waals surface area contributed by atoms with Gasteiger partial charge in [-0.2, -0.15) is 9.78 Å². The van der Waals surface area contributed by atoms with Crippen LogP contribution in [-0.4, -0.2) is 47.5 Å². The topological polar surface area (TPSA) is 50.6 Å². The summed E-state index contributed by atoms with van der Waals surface area (Å²) in [6, 6.07) is 28.4. The van der Waals surface area contributed by atoms with Crippen LogP contribution in [0, 0.1) is 6.92 Å². The van der Waals surface area contributed by atoms with E-state index in [9.17, 15) is 4.79 Å². The van der Waals surface area contributed by atoms with Crippen molar-refractivity contribution in [1.82, 2.24) is 14.7 Å². The Balaban J connectivity index is 1.34. The summed E-state index contributed by atoms with van der Waals surface area (Å²) in [5.74, 6) is 0.372. The summed E-state index contributed by atoms with van der Waals surface area (Å²) < 4.78 is 7.62. The third-order valence-corrected chi connectivity index (χ3v) is 6.60. The summed E-state index contributed by atoms with van der Waals surface area (Å²) in [7, 11) is 0. The minimum absolute atomic E-state index is 0.228. The molecule has 4 aromatic rings. The van der Waals surface area contributed by atoms with E-state index in [4.69, 9.17) is 4.74 Å². The molecular formula is C30H32N4O2. The Labute approximate surface area is 212 Å². The smallest absolute Gasteiger partial charge is 0.316 e. The van der Waals surface area contributed by atoms with Gasteiger partial charge in [-0.05, 0) is 30.2 Å². The molecule has 0 saturated carbocycles. The summed E-state index contributed by atoms with van der Waals surface area (Å²) in [5.41, 5.74) is 5.07. The summed E-state index contributed by atoms with van der Waals surface area (Å²) in [6.07, 6.45) is 2.51. The van der Waals surface area contributed by atoms with Crippen molar-refractivity contribution in [3.63, 3.8) is 0 Å². The van der Waals surface area contributed by atoms with Crippen LogP contribution in [0.15, 0.2) is 95.9 Å². The highest BCUT2D eigenvalue weighted by molar-refractivity contribution is 5.57. The lowest BCUT2D eigenvalue weighted by Gasteiger charge is -2.36. The molecule has 3 aromatic carbocycles. The number of anilines is 1. The number of hydrogen-bond donors (Lipinski definition) is 0. The summed E-state index contributed by atoms with van der Waals surface area (Å²) in [5, 5.41) is 4.52. The Morgan fingerprint density at radius 1 is 0.833 bits per heavy atom. The van der Waals surface area contributed by atoms with Crippen LogP contribution in [0.25, 0.3) is 5.69 Å². The number of rotatable bonds is 8. The number of piperazine rings is 1. The lowest BCUT2D eigenvalue weighted by Crippen LogP contribution is -2.46. The van der Waals surface area contributed by atoms with Crippen molar-refractivity contribution in [1.29, 1.82) is 0 Å². The van der Waals surface area contributed by atoms with Gasteiger partial charge in [0, 0.05) is 39.1 Å². The van der Waals surface area contributed by atoms with Gasteiger partial charge in [-0.3, -0.25) is 9.69 Å². The Morgan fingerprint density at radius 3 is 2.25 bits per heavy atom. The van der Waals surface area contributed by atoms with E-state index in [1.807, 2.05) is 48.5 Å². The van der Waals surface area contributed by atoms with Crippen LogP contribution in [0.1, 0.15) is 16.7 Å². The highest BCUT2D eigenvalue weighted by Gasteiger charge is 2.23. The summed E-state index contributed by atoms with van der Waals surface area (Å²) in [4.78, 5) is 18.2. The molecule has 5 rings (SSSR count). The molecule has 1 aliphatic heterocycles. The van der Waals surface area contributed by atoms with Gasteiger partial charge >= 0.3 is 5.56 Å². The zero-order valence-electron chi connectivity index (χ0n) is 20.7. The molecule has 6 heteroatoms. The van der Waals surface area contributed by atoms with E-state index in [0.717, 1.165) is 50.5 Å². The van der Waals surface area contributed by atoms with Crippen LogP contribution < -0.4 is 15.2 Å². The van der Waals surface area contributed by atoms with Gasteiger partial charge in [0.05, 0.1) is 18.5 Å². The largest absolute Gasteiger partial charge is 0.486 e. The molecule has 184 valence electrons. The van der Waals surface area contributed by atoms with E-state index in [1.165, 1.54) is 21.4 Å². The van der Waals surface area contributed by atoms with Crippen molar-refractivity contribution in [3.8, 4) is 11.4 Å². The van der Waals surface area contributed by atoms with Crippen molar-refractivity contribution in [2.75, 3.05) is 37.7 Å². The van der Waals surface area contributed by atoms with Crippen molar-refractivity contribution in [3.05, 3.63) is 118 Å². The van der Waals surface area contributed by atoms with Crippen molar-refractivity contribution >= 4 is 5.69 Å². The van der Waals surface area contributed by atoms with Gasteiger partial charge in [0.15, 0.2) is 0 Å². The van der Waals surface area contributed by atoms with Crippen molar-refractivity contribution in [2.24, 2.45) is 0 Å². The van der Waals surface area contributed by atoms with Gasteiger partial charge in [0.25, 0.3) is 0 Å². The first-order chi connectivity index (χ1) is 17.7. The number of ether oxygens (including phenoxy) is 1. The first kappa shape index (κ1) is 23.8. The Morgan fingerprint density at radius 2 is 1.53 bits per heavy atom. The number of para-hydroxylation sites is 1. The monoisotopic (exact) mass is 480 g/mol. The number of aromatic nitrogens is 2. The fourth-order valence-corrected chi connectivity index (χ4v) is 4.67. The normalized spacial score (nSPS) is 14.1. The van der Waals surface area contributed by atoms with Crippen LogP contribution in [0.4, 0.5) is 5.69 Å². The number of nitrogens with zero attached hydrogens (tertiary/aromatic N) is 4. The molecule has 1 fully saturated rings. The number of benzene rings is 3. The maximum Gasteiger partial charge on any atom is 0.316 e. The first-order valence-corrected chi connectivity index (χ1v) is 12.5. The molecule has 2 heterocycles. The fourth-order valence-electron chi connectivity index (χ4n) is 4.67. The van der Waals surface area contributed by atoms with Crippen LogP contribution in [-0.2, 0) is 13.0 Å². The lowest BCUT2D eigenvalue weighted by atomic mass is 10.1. The van der Waals surface area contributed by atoms with E-state index in [0.29, 0.717) is 12.4 Å². The molecule has 0 radical (unpaired) electrons. The van der Waals surface area contributed by atoms with Crippen molar-refractivity contribution in [2.45, 2.75) is 19.9 Å². The molecule has 6 nitrogen and oxygen atoms in total. The minimum atomic E-state index is -0.228. The molecular weight excluding hydrogens is 448 g/mol. The second-order valence-electron chi connectivity index (χ2n) is 9.25. The Kier molecular flexibility index (Phi) is 7.43. The van der Waals surface area contributed by atoms with E-state index in [-0.39, 0.29) is 5.56 Å². The zero-order chi connectivity index (χ0) is 24.7. The highest BCUT2D eigenvalue weighted by Crippen LogP contribution is 2.26. The summed E-state index contributed by atoms with van der Waals surface area (Å²) in [6.45, 7) is 6.96. The Bertz CT molecular complexity index is 1330. The van der Waals surface area contributed by atoms with Gasteiger partial charge in [0.1, 0.15) is 5.69 Å². The molecule has 1 aliphatic rings. The Hall–Kier alpha value is -3.90. The summed E-state index contributed by atoms with van der Waals surface area (Å²) >= 11 is 0. The molecule has 1 aromatic heterocycles. The van der Waals surface area contributed by atoms with Crippen LogP contribution >= 0.6 is 0 Å². The number of hydrogen-bond acceptors (Lipinski definition) is 5. The molecule has 0 spiro atoms. The molecule has 0 unspecified atom stereocenters. The molecule has 0 atom stereocenters. The van der Waals surface area contributed by atoms with Gasteiger partial charge in [-0.25, -0.2) is 0 Å². The molecule has 0 N–H and O–H groups in total. The standard InChI is InChI=1S/C30H32N4O2/c1-24-9-8-12-26(21-24)23-32-16-18-33(19-17-32)28-22-31-34(27-13-6-3-7-14-27)30(35)29(28)36-20-15-25-10-4-2-5-11-25/h2-14,21-22H,15-20,23H2,1H3. The van der Waals surface area contributed by atoms with Gasteiger partial charge in [-0.1, -0.05) is 78.4 Å². The third-order valence-electron chi connectivity index (χ3n) is 6.60. The maximum atomic E-state index is 13.6. The molecule has 36 heavy (non-hydrogen) atoms. The second-order valence-corrected chi connectivity index (χ2v) is 9.25.